The van der Waals surface area contributed by atoms with Crippen molar-refractivity contribution in [2.75, 3.05) is 12.9 Å². The van der Waals surface area contributed by atoms with E-state index >= 15 is 0 Å². The van der Waals surface area contributed by atoms with Gasteiger partial charge in [-0.15, -0.1) is 11.3 Å². The number of benzene rings is 2. The summed E-state index contributed by atoms with van der Waals surface area (Å²) >= 11 is 1.33. The van der Waals surface area contributed by atoms with Crippen molar-refractivity contribution in [3.8, 4) is 11.5 Å². The van der Waals surface area contributed by atoms with Gasteiger partial charge in [0, 0.05) is 13.1 Å². The molecule has 3 rings (SSSR count). The van der Waals surface area contributed by atoms with Crippen LogP contribution in [0, 0.1) is 5.82 Å². The van der Waals surface area contributed by atoms with Gasteiger partial charge in [0.2, 0.25) is 0 Å². The van der Waals surface area contributed by atoms with Crippen LogP contribution in [0.15, 0.2) is 60.0 Å². The number of thiophene rings is 1. The highest BCUT2D eigenvalue weighted by Crippen LogP contribution is 2.30. The van der Waals surface area contributed by atoms with E-state index in [2.05, 4.69) is 0 Å². The molecule has 0 spiro atoms. The van der Waals surface area contributed by atoms with Crippen LogP contribution in [-0.4, -0.2) is 32.1 Å². The average Bonchev–Trinajstić information content (AvgIpc) is 3.29. The Labute approximate surface area is 185 Å². The second-order valence-corrected chi connectivity index (χ2v) is 9.49. The van der Waals surface area contributed by atoms with Crippen molar-refractivity contribution in [1.29, 1.82) is 0 Å². The molecule has 31 heavy (non-hydrogen) atoms. The SMILES string of the molecule is CCS(=O)(=O)Oc1cc(CN(Cc2ccc(F)cc2)C(=O)c2cccs2)ccc1OC. The lowest BCUT2D eigenvalue weighted by Crippen LogP contribution is -2.29. The van der Waals surface area contributed by atoms with Crippen molar-refractivity contribution in [3.63, 3.8) is 0 Å². The van der Waals surface area contributed by atoms with Gasteiger partial charge in [0.1, 0.15) is 5.82 Å². The molecule has 0 N–H and O–H groups in total. The number of hydrogen-bond donors (Lipinski definition) is 0. The van der Waals surface area contributed by atoms with Gasteiger partial charge in [-0.2, -0.15) is 8.42 Å². The number of ether oxygens (including phenoxy) is 1. The lowest BCUT2D eigenvalue weighted by atomic mass is 10.1. The zero-order valence-electron chi connectivity index (χ0n) is 17.1. The molecule has 1 heterocycles. The molecule has 0 fully saturated rings. The second-order valence-electron chi connectivity index (χ2n) is 6.68. The number of rotatable bonds is 9. The fourth-order valence-corrected chi connectivity index (χ4v) is 4.08. The van der Waals surface area contributed by atoms with Crippen molar-refractivity contribution in [1.82, 2.24) is 4.90 Å². The molecule has 9 heteroatoms. The van der Waals surface area contributed by atoms with Crippen molar-refractivity contribution < 1.29 is 26.5 Å². The first-order valence-electron chi connectivity index (χ1n) is 9.47. The van der Waals surface area contributed by atoms with Crippen LogP contribution in [0.25, 0.3) is 0 Å². The minimum Gasteiger partial charge on any atom is -0.493 e. The first kappa shape index (κ1) is 22.8. The Morgan fingerprint density at radius 1 is 1.03 bits per heavy atom. The Morgan fingerprint density at radius 2 is 1.71 bits per heavy atom. The Hall–Kier alpha value is -2.91. The van der Waals surface area contributed by atoms with Gasteiger partial charge in [0.05, 0.1) is 17.7 Å². The van der Waals surface area contributed by atoms with Crippen LogP contribution in [0.4, 0.5) is 4.39 Å². The predicted octanol–water partition coefficient (Wildman–Crippen LogP) is 4.47. The minimum atomic E-state index is -3.75. The fraction of sp³-hybridized carbons (Fsp3) is 0.227. The third kappa shape index (κ3) is 6.05. The van der Waals surface area contributed by atoms with E-state index in [-0.39, 0.29) is 42.1 Å². The standard InChI is InChI=1S/C22H22FNO5S2/c1-3-31(26,27)29-20-13-17(8-11-19(20)28-2)15-24(22(25)21-5-4-12-30-21)14-16-6-9-18(23)10-7-16/h4-13H,3,14-15H2,1-2H3. The number of methoxy groups -OCH3 is 1. The average molecular weight is 464 g/mol. The molecule has 164 valence electrons. The summed E-state index contributed by atoms with van der Waals surface area (Å²) in [5.41, 5.74) is 1.43. The number of amides is 1. The molecule has 2 aromatic carbocycles. The molecule has 0 saturated heterocycles. The topological polar surface area (TPSA) is 72.9 Å². The van der Waals surface area contributed by atoms with E-state index in [4.69, 9.17) is 8.92 Å². The second kappa shape index (κ2) is 9.93. The summed E-state index contributed by atoms with van der Waals surface area (Å²) < 4.78 is 47.5. The lowest BCUT2D eigenvalue weighted by molar-refractivity contribution is 0.0735. The summed E-state index contributed by atoms with van der Waals surface area (Å²) in [6.45, 7) is 1.93. The molecule has 6 nitrogen and oxygen atoms in total. The van der Waals surface area contributed by atoms with Gasteiger partial charge < -0.3 is 13.8 Å². The maximum absolute atomic E-state index is 13.3. The maximum atomic E-state index is 13.3. The predicted molar refractivity (Wildman–Crippen MR) is 117 cm³/mol. The van der Waals surface area contributed by atoms with Gasteiger partial charge in [-0.3, -0.25) is 4.79 Å². The van der Waals surface area contributed by atoms with E-state index < -0.39 is 10.1 Å². The van der Waals surface area contributed by atoms with E-state index in [9.17, 15) is 17.6 Å². The molecule has 0 bridgehead atoms. The number of carbonyl (C=O) groups excluding carboxylic acids is 1. The number of halogens is 1. The molecule has 1 amide bonds. The van der Waals surface area contributed by atoms with E-state index in [1.807, 2.05) is 5.38 Å². The summed E-state index contributed by atoms with van der Waals surface area (Å²) in [7, 11) is -2.33. The highest BCUT2D eigenvalue weighted by atomic mass is 32.2. The Morgan fingerprint density at radius 3 is 2.32 bits per heavy atom. The summed E-state index contributed by atoms with van der Waals surface area (Å²) in [6, 6.07) is 14.4. The third-order valence-electron chi connectivity index (χ3n) is 4.48. The highest BCUT2D eigenvalue weighted by molar-refractivity contribution is 7.87. The zero-order chi connectivity index (χ0) is 22.4. The third-order valence-corrected chi connectivity index (χ3v) is 6.48. The quantitative estimate of drug-likeness (QED) is 0.438. The molecule has 3 aromatic rings. The molecule has 0 aliphatic carbocycles. The maximum Gasteiger partial charge on any atom is 0.309 e. The van der Waals surface area contributed by atoms with Crippen molar-refractivity contribution in [2.24, 2.45) is 0 Å². The molecule has 1 aromatic heterocycles. The number of carbonyl (C=O) groups is 1. The summed E-state index contributed by atoms with van der Waals surface area (Å²) in [5.74, 6) is -0.385. The Kier molecular flexibility index (Phi) is 7.29. The lowest BCUT2D eigenvalue weighted by Gasteiger charge is -2.23. The molecule has 0 saturated carbocycles. The van der Waals surface area contributed by atoms with E-state index in [1.165, 1.54) is 37.5 Å². The first-order chi connectivity index (χ1) is 14.8. The van der Waals surface area contributed by atoms with Gasteiger partial charge in [-0.1, -0.05) is 24.3 Å². The Balaban J connectivity index is 1.91. The zero-order valence-corrected chi connectivity index (χ0v) is 18.7. The molecular weight excluding hydrogens is 441 g/mol. The summed E-state index contributed by atoms with van der Waals surface area (Å²) in [6.07, 6.45) is 0. The molecule has 0 atom stereocenters. The smallest absolute Gasteiger partial charge is 0.309 e. The Bertz CT molecular complexity index is 1130. The number of nitrogens with zero attached hydrogens (tertiary/aromatic N) is 1. The van der Waals surface area contributed by atoms with Crippen LogP contribution in [0.5, 0.6) is 11.5 Å². The van der Waals surface area contributed by atoms with Gasteiger partial charge in [0.15, 0.2) is 11.5 Å². The molecule has 0 aliphatic rings. The minimum absolute atomic E-state index is 0.0622. The van der Waals surface area contributed by atoms with Crippen molar-refractivity contribution >= 4 is 27.4 Å². The largest absolute Gasteiger partial charge is 0.493 e. The van der Waals surface area contributed by atoms with Crippen molar-refractivity contribution in [3.05, 3.63) is 81.8 Å². The van der Waals surface area contributed by atoms with Gasteiger partial charge in [-0.25, -0.2) is 4.39 Å². The van der Waals surface area contributed by atoms with E-state index in [0.717, 1.165) is 5.56 Å². The molecule has 0 aliphatic heterocycles. The molecule has 0 unspecified atom stereocenters. The normalized spacial score (nSPS) is 11.2. The molecule has 0 radical (unpaired) electrons. The van der Waals surface area contributed by atoms with E-state index in [0.29, 0.717) is 10.4 Å². The van der Waals surface area contributed by atoms with Crippen LogP contribution >= 0.6 is 11.3 Å². The highest BCUT2D eigenvalue weighted by Gasteiger charge is 2.20. The van der Waals surface area contributed by atoms with Crippen molar-refractivity contribution in [2.45, 2.75) is 20.0 Å². The van der Waals surface area contributed by atoms with Gasteiger partial charge in [-0.05, 0) is 53.8 Å². The van der Waals surface area contributed by atoms with Gasteiger partial charge >= 0.3 is 10.1 Å². The van der Waals surface area contributed by atoms with Crippen LogP contribution in [0.1, 0.15) is 27.7 Å². The van der Waals surface area contributed by atoms with Crippen LogP contribution in [0.3, 0.4) is 0 Å². The van der Waals surface area contributed by atoms with Crippen LogP contribution < -0.4 is 8.92 Å². The molecular formula is C22H22FNO5S2. The summed E-state index contributed by atoms with van der Waals surface area (Å²) in [4.78, 5) is 15.3. The van der Waals surface area contributed by atoms with E-state index in [1.54, 1.807) is 47.4 Å². The number of hydrogen-bond acceptors (Lipinski definition) is 6. The van der Waals surface area contributed by atoms with Crippen LogP contribution in [-0.2, 0) is 23.2 Å². The summed E-state index contributed by atoms with van der Waals surface area (Å²) in [5, 5.41) is 1.82. The monoisotopic (exact) mass is 463 g/mol. The first-order valence-corrected chi connectivity index (χ1v) is 11.9. The fourth-order valence-electron chi connectivity index (χ4n) is 2.87. The van der Waals surface area contributed by atoms with Crippen LogP contribution in [0.2, 0.25) is 0 Å². The van der Waals surface area contributed by atoms with Gasteiger partial charge in [0.25, 0.3) is 5.91 Å².